The largest absolute Gasteiger partial charge is 0.338 e. The number of piperidine rings is 1. The smallest absolute Gasteiger partial charge is 0.257 e. The van der Waals surface area contributed by atoms with Crippen molar-refractivity contribution in [3.8, 4) is 6.07 Å². The molecule has 2 aromatic heterocycles. The average Bonchev–Trinajstić information content (AvgIpc) is 2.90. The SMILES string of the molecule is Cc1ccc(C(=O)N2CCC(F)(c3ccc(C#N)cn3)CC2)cc1NC(=O)c1ccc(CC(C)C)nc1. The number of hydrogen-bond acceptors (Lipinski definition) is 5. The minimum atomic E-state index is -1.64. The Morgan fingerprint density at radius 2 is 1.81 bits per heavy atom. The van der Waals surface area contributed by atoms with Gasteiger partial charge >= 0.3 is 0 Å². The molecule has 4 rings (SSSR count). The van der Waals surface area contributed by atoms with Crippen LogP contribution in [-0.4, -0.2) is 39.8 Å². The number of halogens is 1. The quantitative estimate of drug-likeness (QED) is 0.502. The Morgan fingerprint density at radius 3 is 2.41 bits per heavy atom. The lowest BCUT2D eigenvalue weighted by atomic mass is 9.89. The Kier molecular flexibility index (Phi) is 7.63. The molecule has 0 atom stereocenters. The first-order chi connectivity index (χ1) is 17.7. The summed E-state index contributed by atoms with van der Waals surface area (Å²) in [5.41, 5.74) is 2.18. The molecule has 0 saturated carbocycles. The predicted octanol–water partition coefficient (Wildman–Crippen LogP) is 5.21. The van der Waals surface area contributed by atoms with Crippen LogP contribution in [0.3, 0.4) is 0 Å². The Labute approximate surface area is 216 Å². The number of anilines is 1. The number of carbonyl (C=O) groups is 2. The molecule has 3 aromatic rings. The third-order valence-corrected chi connectivity index (χ3v) is 6.63. The number of nitrogens with one attached hydrogen (secondary N) is 1. The summed E-state index contributed by atoms with van der Waals surface area (Å²) in [7, 11) is 0. The summed E-state index contributed by atoms with van der Waals surface area (Å²) in [4.78, 5) is 36.1. The third kappa shape index (κ3) is 6.00. The second-order valence-electron chi connectivity index (χ2n) is 9.92. The summed E-state index contributed by atoms with van der Waals surface area (Å²) in [6.07, 6.45) is 4.01. The maximum Gasteiger partial charge on any atom is 0.257 e. The van der Waals surface area contributed by atoms with Crippen molar-refractivity contribution < 1.29 is 14.0 Å². The van der Waals surface area contributed by atoms with Gasteiger partial charge in [-0.2, -0.15) is 5.26 Å². The molecule has 190 valence electrons. The van der Waals surface area contributed by atoms with Gasteiger partial charge in [-0.25, -0.2) is 4.39 Å². The zero-order valence-electron chi connectivity index (χ0n) is 21.3. The molecule has 1 aromatic carbocycles. The fourth-order valence-electron chi connectivity index (χ4n) is 4.41. The van der Waals surface area contributed by atoms with Crippen molar-refractivity contribution >= 4 is 17.5 Å². The molecule has 0 spiro atoms. The van der Waals surface area contributed by atoms with Gasteiger partial charge in [0, 0.05) is 55.3 Å². The van der Waals surface area contributed by atoms with Gasteiger partial charge in [0.05, 0.1) is 16.8 Å². The average molecular weight is 500 g/mol. The number of hydrogen-bond donors (Lipinski definition) is 1. The van der Waals surface area contributed by atoms with E-state index in [1.165, 1.54) is 6.20 Å². The van der Waals surface area contributed by atoms with Crippen molar-refractivity contribution in [3.05, 3.63) is 88.5 Å². The van der Waals surface area contributed by atoms with E-state index in [0.717, 1.165) is 17.7 Å². The third-order valence-electron chi connectivity index (χ3n) is 6.63. The van der Waals surface area contributed by atoms with Crippen LogP contribution < -0.4 is 5.32 Å². The molecule has 7 nitrogen and oxygen atoms in total. The van der Waals surface area contributed by atoms with E-state index in [0.29, 0.717) is 28.3 Å². The van der Waals surface area contributed by atoms with Crippen LogP contribution in [-0.2, 0) is 12.1 Å². The Bertz CT molecular complexity index is 1320. The second-order valence-corrected chi connectivity index (χ2v) is 9.92. The summed E-state index contributed by atoms with van der Waals surface area (Å²) < 4.78 is 15.6. The van der Waals surface area contributed by atoms with Crippen LogP contribution in [0.1, 0.15) is 69.9 Å². The van der Waals surface area contributed by atoms with Gasteiger partial charge in [0.15, 0.2) is 5.67 Å². The zero-order valence-corrected chi connectivity index (χ0v) is 21.3. The molecule has 37 heavy (non-hydrogen) atoms. The topological polar surface area (TPSA) is 99.0 Å². The molecule has 3 heterocycles. The van der Waals surface area contributed by atoms with Crippen molar-refractivity contribution in [2.45, 2.75) is 45.7 Å². The van der Waals surface area contributed by atoms with Gasteiger partial charge in [-0.05, 0) is 61.2 Å². The molecule has 0 unspecified atom stereocenters. The summed E-state index contributed by atoms with van der Waals surface area (Å²) in [5, 5.41) is 11.8. The monoisotopic (exact) mass is 499 g/mol. The lowest BCUT2D eigenvalue weighted by Gasteiger charge is -2.36. The van der Waals surface area contributed by atoms with Gasteiger partial charge in [-0.1, -0.05) is 19.9 Å². The molecule has 1 aliphatic heterocycles. The van der Waals surface area contributed by atoms with Gasteiger partial charge in [0.2, 0.25) is 0 Å². The number of nitriles is 1. The number of alkyl halides is 1. The molecule has 0 bridgehead atoms. The van der Waals surface area contributed by atoms with E-state index in [-0.39, 0.29) is 43.4 Å². The number of nitrogens with zero attached hydrogens (tertiary/aromatic N) is 4. The molecule has 1 fully saturated rings. The number of rotatable bonds is 6. The van der Waals surface area contributed by atoms with Crippen LogP contribution in [0.25, 0.3) is 0 Å². The molecule has 0 aliphatic carbocycles. The van der Waals surface area contributed by atoms with Gasteiger partial charge in [0.25, 0.3) is 11.8 Å². The Hall–Kier alpha value is -4.12. The lowest BCUT2D eigenvalue weighted by Crippen LogP contribution is -2.43. The molecule has 1 saturated heterocycles. The van der Waals surface area contributed by atoms with Gasteiger partial charge in [-0.15, -0.1) is 0 Å². The number of pyridine rings is 2. The van der Waals surface area contributed by atoms with Crippen molar-refractivity contribution in [1.29, 1.82) is 5.26 Å². The van der Waals surface area contributed by atoms with Crippen molar-refractivity contribution in [3.63, 3.8) is 0 Å². The molecular weight excluding hydrogens is 469 g/mol. The first-order valence-electron chi connectivity index (χ1n) is 12.4. The van der Waals surface area contributed by atoms with Crippen LogP contribution in [0, 0.1) is 24.2 Å². The highest BCUT2D eigenvalue weighted by molar-refractivity contribution is 6.05. The Morgan fingerprint density at radius 1 is 1.08 bits per heavy atom. The summed E-state index contributed by atoms with van der Waals surface area (Å²) >= 11 is 0. The van der Waals surface area contributed by atoms with Gasteiger partial charge in [0.1, 0.15) is 6.07 Å². The van der Waals surface area contributed by atoms with Crippen LogP contribution in [0.4, 0.5) is 10.1 Å². The van der Waals surface area contributed by atoms with Crippen LogP contribution in [0.15, 0.2) is 54.9 Å². The normalized spacial score (nSPS) is 14.8. The Balaban J connectivity index is 1.42. The van der Waals surface area contributed by atoms with E-state index in [1.807, 2.05) is 19.1 Å². The summed E-state index contributed by atoms with van der Waals surface area (Å²) in [6, 6.07) is 13.9. The maximum absolute atomic E-state index is 15.6. The van der Waals surface area contributed by atoms with Crippen molar-refractivity contribution in [2.24, 2.45) is 5.92 Å². The predicted molar refractivity (Wildman–Crippen MR) is 139 cm³/mol. The fourth-order valence-corrected chi connectivity index (χ4v) is 4.41. The van der Waals surface area contributed by atoms with Crippen molar-refractivity contribution in [2.75, 3.05) is 18.4 Å². The highest BCUT2D eigenvalue weighted by Crippen LogP contribution is 2.36. The summed E-state index contributed by atoms with van der Waals surface area (Å²) in [5.74, 6) is -0.0413. The number of aromatic nitrogens is 2. The molecule has 1 aliphatic rings. The maximum atomic E-state index is 15.6. The molecule has 8 heteroatoms. The zero-order chi connectivity index (χ0) is 26.6. The molecule has 2 amide bonds. The molecule has 1 N–H and O–H groups in total. The number of carbonyl (C=O) groups excluding carboxylic acids is 2. The van der Waals surface area contributed by atoms with Crippen LogP contribution in [0.5, 0.6) is 0 Å². The van der Waals surface area contributed by atoms with Gasteiger partial charge < -0.3 is 10.2 Å². The highest BCUT2D eigenvalue weighted by atomic mass is 19.1. The van der Waals surface area contributed by atoms with E-state index in [2.05, 4.69) is 29.1 Å². The molecule has 0 radical (unpaired) electrons. The van der Waals surface area contributed by atoms with Gasteiger partial charge in [-0.3, -0.25) is 19.6 Å². The number of amides is 2. The first-order valence-corrected chi connectivity index (χ1v) is 12.4. The van der Waals surface area contributed by atoms with E-state index in [4.69, 9.17) is 5.26 Å². The number of likely N-dealkylation sites (tertiary alicyclic amines) is 1. The first kappa shape index (κ1) is 26.0. The van der Waals surface area contributed by atoms with Crippen LogP contribution in [0.2, 0.25) is 0 Å². The fraction of sp³-hybridized carbons (Fsp3) is 0.345. The van der Waals surface area contributed by atoms with E-state index >= 15 is 4.39 Å². The standard InChI is InChI=1S/C29H30FN5O2/c1-19(2)14-24-8-7-23(18-32-24)27(36)34-25-15-22(6-4-20(25)3)28(37)35-12-10-29(30,11-13-35)26-9-5-21(16-31)17-33-26/h4-9,15,17-19H,10-14H2,1-3H3,(H,34,36). The van der Waals surface area contributed by atoms with Crippen LogP contribution >= 0.6 is 0 Å². The number of benzene rings is 1. The van der Waals surface area contributed by atoms with E-state index < -0.39 is 5.67 Å². The molecular formula is C29H30FN5O2. The second kappa shape index (κ2) is 10.9. The summed E-state index contributed by atoms with van der Waals surface area (Å²) in [6.45, 7) is 6.56. The highest BCUT2D eigenvalue weighted by Gasteiger charge is 2.39. The van der Waals surface area contributed by atoms with E-state index in [9.17, 15) is 9.59 Å². The minimum absolute atomic E-state index is 0.118. The lowest BCUT2D eigenvalue weighted by molar-refractivity contribution is 0.0402. The van der Waals surface area contributed by atoms with E-state index in [1.54, 1.807) is 47.5 Å². The minimum Gasteiger partial charge on any atom is -0.338 e. The number of aryl methyl sites for hydroxylation is 1. The van der Waals surface area contributed by atoms with Crippen molar-refractivity contribution in [1.82, 2.24) is 14.9 Å².